The Morgan fingerprint density at radius 1 is 1.24 bits per heavy atom. The summed E-state index contributed by atoms with van der Waals surface area (Å²) in [6, 6.07) is 9.64. The number of nitrogens with zero attached hydrogens (tertiary/aromatic N) is 4. The number of nitrogens with one attached hydrogen (secondary N) is 1. The highest BCUT2D eigenvalue weighted by molar-refractivity contribution is 7.99. The molecule has 29 heavy (non-hydrogen) atoms. The second-order valence-corrected chi connectivity index (χ2v) is 9.51. The highest BCUT2D eigenvalue weighted by atomic mass is 32.2. The Hall–Kier alpha value is -2.41. The SMILES string of the molecule is CC(C)C[C@H](CO)Nc1nc(SC(C)c2ccccc2C#N)nc2nc(N)sc12. The molecule has 7 nitrogen and oxygen atoms in total. The number of nitrogen functional groups attached to an aromatic ring is 1. The average molecular weight is 429 g/mol. The molecule has 0 aliphatic heterocycles. The number of aromatic nitrogens is 3. The van der Waals surface area contributed by atoms with Crippen molar-refractivity contribution in [1.29, 1.82) is 5.26 Å². The number of nitrogens with two attached hydrogens (primary N) is 1. The number of thioether (sulfide) groups is 1. The monoisotopic (exact) mass is 428 g/mol. The molecule has 4 N–H and O–H groups in total. The van der Waals surface area contributed by atoms with Crippen molar-refractivity contribution in [2.24, 2.45) is 5.92 Å². The van der Waals surface area contributed by atoms with Crippen molar-refractivity contribution in [1.82, 2.24) is 15.0 Å². The molecule has 9 heteroatoms. The van der Waals surface area contributed by atoms with Crippen molar-refractivity contribution in [3.63, 3.8) is 0 Å². The molecule has 0 aliphatic carbocycles. The second-order valence-electron chi connectivity index (χ2n) is 7.17. The van der Waals surface area contributed by atoms with E-state index in [1.807, 2.05) is 31.2 Å². The lowest BCUT2D eigenvalue weighted by Crippen LogP contribution is -2.26. The van der Waals surface area contributed by atoms with Crippen LogP contribution in [0.3, 0.4) is 0 Å². The maximum absolute atomic E-state index is 9.76. The van der Waals surface area contributed by atoms with Gasteiger partial charge in [-0.15, -0.1) is 0 Å². The van der Waals surface area contributed by atoms with Crippen LogP contribution < -0.4 is 11.1 Å². The van der Waals surface area contributed by atoms with Crippen LogP contribution in [0.5, 0.6) is 0 Å². The molecule has 2 heterocycles. The predicted molar refractivity (Wildman–Crippen MR) is 119 cm³/mol. The van der Waals surface area contributed by atoms with Gasteiger partial charge in [-0.3, -0.25) is 0 Å². The highest BCUT2D eigenvalue weighted by Crippen LogP contribution is 2.37. The van der Waals surface area contributed by atoms with Gasteiger partial charge < -0.3 is 16.2 Å². The summed E-state index contributed by atoms with van der Waals surface area (Å²) in [6.07, 6.45) is 0.810. The Balaban J connectivity index is 1.93. The van der Waals surface area contributed by atoms with Gasteiger partial charge in [0, 0.05) is 5.25 Å². The van der Waals surface area contributed by atoms with Crippen LogP contribution in [0.1, 0.15) is 43.6 Å². The molecule has 1 unspecified atom stereocenters. The molecule has 152 valence electrons. The van der Waals surface area contributed by atoms with E-state index in [-0.39, 0.29) is 17.9 Å². The Bertz CT molecular complexity index is 1030. The van der Waals surface area contributed by atoms with Crippen LogP contribution in [0, 0.1) is 17.2 Å². The number of fused-ring (bicyclic) bond motifs is 1. The minimum atomic E-state index is -0.119. The second kappa shape index (κ2) is 9.39. The summed E-state index contributed by atoms with van der Waals surface area (Å²) in [7, 11) is 0. The van der Waals surface area contributed by atoms with Crippen LogP contribution in [0.2, 0.25) is 0 Å². The first-order valence-electron chi connectivity index (χ1n) is 9.38. The Labute approximate surface area is 178 Å². The van der Waals surface area contributed by atoms with E-state index in [0.29, 0.717) is 33.2 Å². The van der Waals surface area contributed by atoms with Crippen LogP contribution >= 0.6 is 23.1 Å². The quantitative estimate of drug-likeness (QED) is 0.360. The van der Waals surface area contributed by atoms with Crippen LogP contribution in [0.4, 0.5) is 10.9 Å². The zero-order valence-electron chi connectivity index (χ0n) is 16.6. The topological polar surface area (TPSA) is 121 Å². The van der Waals surface area contributed by atoms with Gasteiger partial charge in [0.2, 0.25) is 0 Å². The summed E-state index contributed by atoms with van der Waals surface area (Å²) >= 11 is 2.79. The van der Waals surface area contributed by atoms with E-state index in [1.54, 1.807) is 0 Å². The Morgan fingerprint density at radius 2 is 2.00 bits per heavy atom. The summed E-state index contributed by atoms with van der Waals surface area (Å²) in [5.74, 6) is 1.06. The zero-order chi connectivity index (χ0) is 21.0. The molecule has 3 rings (SSSR count). The molecular formula is C20H24N6OS2. The fourth-order valence-corrected chi connectivity index (χ4v) is 4.74. The molecule has 0 saturated heterocycles. The van der Waals surface area contributed by atoms with Crippen LogP contribution in [-0.2, 0) is 0 Å². The normalized spacial score (nSPS) is 13.4. The third-order valence-electron chi connectivity index (χ3n) is 4.37. The molecule has 0 amide bonds. The molecule has 2 atom stereocenters. The molecule has 0 saturated carbocycles. The number of thiazole rings is 1. The van der Waals surface area contributed by atoms with Crippen LogP contribution in [0.25, 0.3) is 10.3 Å². The molecule has 3 aromatic rings. The van der Waals surface area contributed by atoms with Gasteiger partial charge in [-0.2, -0.15) is 5.26 Å². The summed E-state index contributed by atoms with van der Waals surface area (Å²) < 4.78 is 0.777. The van der Waals surface area contributed by atoms with Gasteiger partial charge in [0.25, 0.3) is 0 Å². The zero-order valence-corrected chi connectivity index (χ0v) is 18.2. The molecule has 0 spiro atoms. The summed E-state index contributed by atoms with van der Waals surface area (Å²) in [4.78, 5) is 13.6. The first kappa shape index (κ1) is 21.3. The number of anilines is 2. The Morgan fingerprint density at radius 3 is 2.69 bits per heavy atom. The van der Waals surface area contributed by atoms with Gasteiger partial charge in [0.05, 0.1) is 24.3 Å². The van der Waals surface area contributed by atoms with E-state index in [0.717, 1.165) is 16.7 Å². The van der Waals surface area contributed by atoms with Crippen LogP contribution in [-0.4, -0.2) is 32.7 Å². The first-order chi connectivity index (χ1) is 13.9. The molecule has 0 fully saturated rings. The lowest BCUT2D eigenvalue weighted by atomic mass is 10.0. The number of hydrogen-bond acceptors (Lipinski definition) is 9. The van der Waals surface area contributed by atoms with E-state index in [4.69, 9.17) is 10.7 Å². The van der Waals surface area contributed by atoms with Gasteiger partial charge in [0.1, 0.15) is 4.70 Å². The largest absolute Gasteiger partial charge is 0.394 e. The van der Waals surface area contributed by atoms with Crippen LogP contribution in [0.15, 0.2) is 29.4 Å². The molecule has 1 aromatic carbocycles. The summed E-state index contributed by atoms with van der Waals surface area (Å²) in [6.45, 7) is 6.25. The standard InChI is InChI=1S/C20H24N6OS2/c1-11(2)8-14(10-27)23-17-16-18(24-19(22)29-16)26-20(25-17)28-12(3)15-7-5-4-6-13(15)9-21/h4-7,11-12,14,27H,8,10H2,1-3H3,(H3,22,23,24,25,26)/t12?,14-/m1/s1. The molecule has 0 bridgehead atoms. The van der Waals surface area contributed by atoms with Crippen molar-refractivity contribution >= 4 is 44.4 Å². The number of benzene rings is 1. The fraction of sp³-hybridized carbons (Fsp3) is 0.400. The van der Waals surface area contributed by atoms with E-state index in [9.17, 15) is 10.4 Å². The third-order valence-corrected chi connectivity index (χ3v) is 6.25. The van der Waals surface area contributed by atoms with Gasteiger partial charge in [-0.25, -0.2) is 15.0 Å². The first-order valence-corrected chi connectivity index (χ1v) is 11.1. The lowest BCUT2D eigenvalue weighted by Gasteiger charge is -2.19. The molecular weight excluding hydrogens is 404 g/mol. The van der Waals surface area contributed by atoms with Gasteiger partial charge in [-0.05, 0) is 30.9 Å². The third kappa shape index (κ3) is 5.15. The molecule has 0 radical (unpaired) electrons. The van der Waals surface area contributed by atoms with Gasteiger partial charge >= 0.3 is 0 Å². The van der Waals surface area contributed by atoms with E-state index in [1.165, 1.54) is 23.1 Å². The predicted octanol–water partition coefficient (Wildman–Crippen LogP) is 4.21. The van der Waals surface area contributed by atoms with Crippen molar-refractivity contribution in [2.75, 3.05) is 17.7 Å². The van der Waals surface area contributed by atoms with Crippen molar-refractivity contribution in [3.8, 4) is 6.07 Å². The lowest BCUT2D eigenvalue weighted by molar-refractivity contribution is 0.259. The number of hydrogen-bond donors (Lipinski definition) is 3. The van der Waals surface area contributed by atoms with E-state index < -0.39 is 0 Å². The number of rotatable bonds is 8. The Kier molecular flexibility index (Phi) is 6.90. The van der Waals surface area contributed by atoms with Gasteiger partial charge in [-0.1, -0.05) is 55.1 Å². The highest BCUT2D eigenvalue weighted by Gasteiger charge is 2.19. The smallest absolute Gasteiger partial charge is 0.192 e. The summed E-state index contributed by atoms with van der Waals surface area (Å²) in [5, 5.41) is 23.4. The maximum Gasteiger partial charge on any atom is 0.192 e. The number of aliphatic hydroxyl groups excluding tert-OH is 1. The minimum Gasteiger partial charge on any atom is -0.394 e. The van der Waals surface area contributed by atoms with Gasteiger partial charge in [0.15, 0.2) is 21.8 Å². The van der Waals surface area contributed by atoms with Crippen molar-refractivity contribution < 1.29 is 5.11 Å². The van der Waals surface area contributed by atoms with Crippen molar-refractivity contribution in [2.45, 2.75) is 43.6 Å². The maximum atomic E-state index is 9.76. The fourth-order valence-electron chi connectivity index (χ4n) is 3.09. The molecule has 2 aromatic heterocycles. The number of nitriles is 1. The number of aliphatic hydroxyl groups is 1. The van der Waals surface area contributed by atoms with Crippen molar-refractivity contribution in [3.05, 3.63) is 35.4 Å². The van der Waals surface area contributed by atoms with E-state index in [2.05, 4.69) is 35.2 Å². The van der Waals surface area contributed by atoms with E-state index >= 15 is 0 Å². The minimum absolute atomic E-state index is 0.00634. The molecule has 0 aliphatic rings. The average Bonchev–Trinajstić information content (AvgIpc) is 3.07. The summed E-state index contributed by atoms with van der Waals surface area (Å²) in [5.41, 5.74) is 8.02.